The van der Waals surface area contributed by atoms with Crippen LogP contribution in [0.3, 0.4) is 0 Å². The lowest BCUT2D eigenvalue weighted by Gasteiger charge is -2.26. The fourth-order valence-corrected chi connectivity index (χ4v) is 2.48. The Morgan fingerprint density at radius 1 is 1.35 bits per heavy atom. The summed E-state index contributed by atoms with van der Waals surface area (Å²) < 4.78 is 12.2. The van der Waals surface area contributed by atoms with Gasteiger partial charge in [-0.3, -0.25) is 0 Å². The van der Waals surface area contributed by atoms with Gasteiger partial charge in [-0.15, -0.1) is 0 Å². The molecule has 0 saturated heterocycles. The van der Waals surface area contributed by atoms with Crippen molar-refractivity contribution < 1.29 is 9.47 Å². The number of hydrogen-bond acceptors (Lipinski definition) is 4. The summed E-state index contributed by atoms with van der Waals surface area (Å²) >= 11 is 5.22. The van der Waals surface area contributed by atoms with Crippen molar-refractivity contribution in [1.82, 2.24) is 9.97 Å². The highest BCUT2D eigenvalue weighted by molar-refractivity contribution is 7.71. The molecule has 4 nitrogen and oxygen atoms in total. The Morgan fingerprint density at radius 3 is 2.95 bits per heavy atom. The maximum atomic E-state index is 5.94. The maximum absolute atomic E-state index is 5.94. The molecule has 1 aromatic heterocycles. The Hall–Kier alpha value is -1.88. The van der Waals surface area contributed by atoms with Gasteiger partial charge in [0.2, 0.25) is 0 Å². The molecule has 2 aromatic rings. The zero-order valence-corrected chi connectivity index (χ0v) is 12.1. The van der Waals surface area contributed by atoms with Crippen LogP contribution in [0.2, 0.25) is 0 Å². The Kier molecular flexibility index (Phi) is 3.69. The Labute approximate surface area is 122 Å². The average Bonchev–Trinajstić information content (AvgIpc) is 2.46. The second kappa shape index (κ2) is 5.63. The molecule has 1 unspecified atom stereocenters. The molecule has 1 aromatic carbocycles. The van der Waals surface area contributed by atoms with Crippen LogP contribution in [0.1, 0.15) is 31.0 Å². The predicted molar refractivity (Wildman–Crippen MR) is 78.7 cm³/mol. The normalized spacial score (nSPS) is 16.9. The Balaban J connectivity index is 1.89. The van der Waals surface area contributed by atoms with Crippen LogP contribution in [-0.2, 0) is 6.42 Å². The third-order valence-electron chi connectivity index (χ3n) is 3.15. The molecule has 1 atom stereocenters. The number of rotatable bonds is 3. The summed E-state index contributed by atoms with van der Waals surface area (Å²) in [6.45, 7) is 2.57. The number of nitrogens with one attached hydrogen (secondary N) is 1. The molecule has 2 heterocycles. The minimum atomic E-state index is -0.247. The molecule has 0 fully saturated rings. The summed E-state index contributed by atoms with van der Waals surface area (Å²) in [6, 6.07) is 9.55. The van der Waals surface area contributed by atoms with Gasteiger partial charge in [0.15, 0.2) is 23.4 Å². The first-order valence-electron chi connectivity index (χ1n) is 6.75. The molecule has 1 N–H and O–H groups in total. The number of hydrogen-bond donors (Lipinski definition) is 1. The van der Waals surface area contributed by atoms with Crippen molar-refractivity contribution >= 4 is 12.2 Å². The summed E-state index contributed by atoms with van der Waals surface area (Å²) in [7, 11) is 0. The van der Waals surface area contributed by atoms with Crippen LogP contribution in [0.5, 0.6) is 11.5 Å². The zero-order chi connectivity index (χ0) is 13.9. The third-order valence-corrected chi connectivity index (χ3v) is 3.36. The highest BCUT2D eigenvalue weighted by atomic mass is 32.1. The van der Waals surface area contributed by atoms with Gasteiger partial charge in [-0.25, -0.2) is 4.98 Å². The molecule has 20 heavy (non-hydrogen) atoms. The van der Waals surface area contributed by atoms with E-state index in [0.717, 1.165) is 35.9 Å². The molecule has 5 heteroatoms. The lowest BCUT2D eigenvalue weighted by molar-refractivity contribution is 0.0848. The summed E-state index contributed by atoms with van der Waals surface area (Å²) in [5.74, 6) is 2.24. The number of ether oxygens (including phenoxy) is 2. The van der Waals surface area contributed by atoms with Crippen molar-refractivity contribution in [2.24, 2.45) is 0 Å². The quantitative estimate of drug-likeness (QED) is 0.877. The average molecular weight is 288 g/mol. The van der Waals surface area contributed by atoms with E-state index in [0.29, 0.717) is 11.2 Å². The van der Waals surface area contributed by atoms with E-state index in [2.05, 4.69) is 16.9 Å². The number of aryl methyl sites for hydroxylation is 1. The van der Waals surface area contributed by atoms with Gasteiger partial charge in [-0.2, -0.15) is 0 Å². The number of benzene rings is 1. The first-order chi connectivity index (χ1) is 9.76. The smallest absolute Gasteiger partial charge is 0.190 e. The Bertz CT molecular complexity index is 669. The molecular weight excluding hydrogens is 272 g/mol. The number of nitrogens with zero attached hydrogens (tertiary/aromatic N) is 1. The standard InChI is InChI=1S/C15H16N2O2S/c1-2-5-10-8-14(20)17-15(16-10)13-9-18-11-6-3-4-7-12(11)19-13/h3-4,6-8,13H,2,5,9H2,1H3,(H,16,17,20). The molecule has 1 aliphatic heterocycles. The molecular formula is C15H16N2O2S. The van der Waals surface area contributed by atoms with Crippen molar-refractivity contribution in [1.29, 1.82) is 0 Å². The summed E-state index contributed by atoms with van der Waals surface area (Å²) in [5, 5.41) is 0. The fraction of sp³-hybridized carbons (Fsp3) is 0.333. The molecule has 0 saturated carbocycles. The van der Waals surface area contributed by atoms with E-state index in [4.69, 9.17) is 21.7 Å². The summed E-state index contributed by atoms with van der Waals surface area (Å²) in [6.07, 6.45) is 1.76. The van der Waals surface area contributed by atoms with Crippen LogP contribution >= 0.6 is 12.2 Å². The van der Waals surface area contributed by atoms with Gasteiger partial charge < -0.3 is 14.5 Å². The van der Waals surface area contributed by atoms with Gasteiger partial charge in [-0.1, -0.05) is 37.7 Å². The summed E-state index contributed by atoms with van der Waals surface area (Å²) in [4.78, 5) is 7.67. The highest BCUT2D eigenvalue weighted by Gasteiger charge is 2.24. The number of H-pyrrole nitrogens is 1. The lowest BCUT2D eigenvalue weighted by atomic mass is 10.2. The molecule has 0 spiro atoms. The van der Waals surface area contributed by atoms with Crippen LogP contribution < -0.4 is 9.47 Å². The number of aromatic amines is 1. The first-order valence-corrected chi connectivity index (χ1v) is 7.15. The van der Waals surface area contributed by atoms with Gasteiger partial charge in [0.1, 0.15) is 11.2 Å². The minimum Gasteiger partial charge on any atom is -0.485 e. The van der Waals surface area contributed by atoms with E-state index in [1.807, 2.05) is 30.3 Å². The SMILES string of the molecule is CCCc1cc(=S)nc(C2COc3ccccc3O2)[nH]1. The van der Waals surface area contributed by atoms with E-state index in [-0.39, 0.29) is 6.10 Å². The molecule has 0 bridgehead atoms. The van der Waals surface area contributed by atoms with Crippen molar-refractivity contribution in [2.45, 2.75) is 25.9 Å². The van der Waals surface area contributed by atoms with E-state index in [9.17, 15) is 0 Å². The predicted octanol–water partition coefficient (Wildman–Crippen LogP) is 3.60. The molecule has 3 rings (SSSR count). The van der Waals surface area contributed by atoms with Crippen LogP contribution in [0.4, 0.5) is 0 Å². The van der Waals surface area contributed by atoms with Gasteiger partial charge in [0, 0.05) is 5.69 Å². The van der Waals surface area contributed by atoms with Gasteiger partial charge in [0.05, 0.1) is 0 Å². The Morgan fingerprint density at radius 2 is 2.15 bits per heavy atom. The number of para-hydroxylation sites is 2. The highest BCUT2D eigenvalue weighted by Crippen LogP contribution is 2.34. The molecule has 104 valence electrons. The van der Waals surface area contributed by atoms with Crippen LogP contribution in [-0.4, -0.2) is 16.6 Å². The summed E-state index contributed by atoms with van der Waals surface area (Å²) in [5.41, 5.74) is 1.09. The topological polar surface area (TPSA) is 47.1 Å². The zero-order valence-electron chi connectivity index (χ0n) is 11.3. The van der Waals surface area contributed by atoms with Gasteiger partial charge in [0.25, 0.3) is 0 Å². The number of fused-ring (bicyclic) bond motifs is 1. The van der Waals surface area contributed by atoms with E-state index in [1.165, 1.54) is 0 Å². The van der Waals surface area contributed by atoms with E-state index >= 15 is 0 Å². The van der Waals surface area contributed by atoms with Crippen LogP contribution in [0, 0.1) is 4.64 Å². The van der Waals surface area contributed by atoms with E-state index < -0.39 is 0 Å². The van der Waals surface area contributed by atoms with Crippen molar-refractivity contribution in [3.8, 4) is 11.5 Å². The minimum absolute atomic E-state index is 0.247. The largest absolute Gasteiger partial charge is 0.485 e. The van der Waals surface area contributed by atoms with Crippen molar-refractivity contribution in [3.63, 3.8) is 0 Å². The lowest BCUT2D eigenvalue weighted by Crippen LogP contribution is -2.24. The molecule has 0 amide bonds. The third kappa shape index (κ3) is 2.67. The molecule has 0 radical (unpaired) electrons. The van der Waals surface area contributed by atoms with E-state index in [1.54, 1.807) is 0 Å². The number of aromatic nitrogens is 2. The fourth-order valence-electron chi connectivity index (χ4n) is 2.24. The van der Waals surface area contributed by atoms with Gasteiger partial charge in [-0.05, 0) is 24.6 Å². The van der Waals surface area contributed by atoms with Gasteiger partial charge >= 0.3 is 0 Å². The second-order valence-electron chi connectivity index (χ2n) is 4.74. The van der Waals surface area contributed by atoms with Crippen molar-refractivity contribution in [2.75, 3.05) is 6.61 Å². The maximum Gasteiger partial charge on any atom is 0.190 e. The monoisotopic (exact) mass is 288 g/mol. The molecule has 1 aliphatic rings. The van der Waals surface area contributed by atoms with Crippen molar-refractivity contribution in [3.05, 3.63) is 46.5 Å². The first kappa shape index (κ1) is 13.1. The second-order valence-corrected chi connectivity index (χ2v) is 5.16. The van der Waals surface area contributed by atoms with Crippen LogP contribution in [0.15, 0.2) is 30.3 Å². The van der Waals surface area contributed by atoms with Crippen LogP contribution in [0.25, 0.3) is 0 Å². The molecule has 0 aliphatic carbocycles.